The molecule has 7 nitrogen and oxygen atoms in total. The van der Waals surface area contributed by atoms with Crippen LogP contribution in [-0.4, -0.2) is 27.1 Å². The second-order valence-corrected chi connectivity index (χ2v) is 10.1. The number of nitrogens with one attached hydrogen (secondary N) is 1. The zero-order chi connectivity index (χ0) is 18.5. The molecule has 142 valence electrons. The third kappa shape index (κ3) is 3.42. The van der Waals surface area contributed by atoms with Crippen LogP contribution in [0.2, 0.25) is 0 Å². The second kappa shape index (κ2) is 6.35. The molecule has 5 rings (SSSR count). The number of ether oxygens (including phenoxy) is 1. The molecule has 1 aromatic rings. The molecule has 9 heteroatoms. The Hall–Kier alpha value is -1.38. The Bertz CT molecular complexity index is 738. The molecule has 0 radical (unpaired) electrons. The minimum absolute atomic E-state index is 0.0700. The average Bonchev–Trinajstić information content (AvgIpc) is 2.84. The molecule has 2 amide bonds. The lowest BCUT2D eigenvalue weighted by molar-refractivity contribution is -0.128. The second-order valence-electron chi connectivity index (χ2n) is 8.27. The first-order chi connectivity index (χ1) is 12.3. The lowest BCUT2D eigenvalue weighted by atomic mass is 9.48. The normalized spacial score (nSPS) is 34.7. The van der Waals surface area contributed by atoms with Gasteiger partial charge in [-0.15, -0.1) is 11.6 Å². The topological polar surface area (TPSA) is 115 Å². The number of primary amides is 1. The van der Waals surface area contributed by atoms with Crippen LogP contribution in [0.5, 0.6) is 5.19 Å². The molecule has 1 aromatic heterocycles. The molecule has 26 heavy (non-hydrogen) atoms. The number of aromatic nitrogens is 1. The predicted octanol–water partition coefficient (Wildman–Crippen LogP) is 2.77. The summed E-state index contributed by atoms with van der Waals surface area (Å²) >= 11 is 8.16. The fourth-order valence-electron chi connectivity index (χ4n) is 5.84. The van der Waals surface area contributed by atoms with Crippen molar-refractivity contribution in [2.45, 2.75) is 56.2 Å². The summed E-state index contributed by atoms with van der Waals surface area (Å²) < 4.78 is 4.92. The molecule has 4 aliphatic carbocycles. The molecule has 4 fully saturated rings. The Morgan fingerprint density at radius 2 is 2.04 bits per heavy atom. The van der Waals surface area contributed by atoms with Crippen LogP contribution in [0.4, 0.5) is 4.79 Å². The summed E-state index contributed by atoms with van der Waals surface area (Å²) in [5.41, 5.74) is 7.36. The molecule has 2 atom stereocenters. The molecular formula is C17H22ClN3O4S. The van der Waals surface area contributed by atoms with Crippen molar-refractivity contribution in [2.24, 2.45) is 23.0 Å². The van der Waals surface area contributed by atoms with E-state index in [9.17, 15) is 9.59 Å². The fraction of sp³-hybridized carbons (Fsp3) is 0.706. The van der Waals surface area contributed by atoms with E-state index in [1.165, 1.54) is 17.8 Å². The molecule has 4 N–H and O–H groups in total. The summed E-state index contributed by atoms with van der Waals surface area (Å²) in [5.74, 6) is 0.793. The van der Waals surface area contributed by atoms with Crippen molar-refractivity contribution in [3.8, 4) is 5.19 Å². The van der Waals surface area contributed by atoms with Gasteiger partial charge in [-0.05, 0) is 62.2 Å². The van der Waals surface area contributed by atoms with Crippen molar-refractivity contribution in [2.75, 3.05) is 0 Å². The molecule has 4 aliphatic rings. The lowest BCUT2D eigenvalue weighted by Crippen LogP contribution is -2.53. The van der Waals surface area contributed by atoms with E-state index in [0.29, 0.717) is 17.5 Å². The lowest BCUT2D eigenvalue weighted by Gasteiger charge is -2.60. The maximum absolute atomic E-state index is 11.6. The number of halogens is 1. The summed E-state index contributed by atoms with van der Waals surface area (Å²) in [5, 5.41) is 8.97. The van der Waals surface area contributed by atoms with Gasteiger partial charge in [-0.1, -0.05) is 11.3 Å². The first-order valence-electron chi connectivity index (χ1n) is 8.86. The number of nitrogens with two attached hydrogens (primary N) is 1. The number of hydroxylamine groups is 1. The van der Waals surface area contributed by atoms with Crippen LogP contribution in [0.25, 0.3) is 0 Å². The van der Waals surface area contributed by atoms with Crippen molar-refractivity contribution in [3.63, 3.8) is 0 Å². The molecule has 0 saturated heterocycles. The first kappa shape index (κ1) is 18.0. The quantitative estimate of drug-likeness (QED) is 0.400. The van der Waals surface area contributed by atoms with E-state index in [0.717, 1.165) is 43.4 Å². The smallest absolute Gasteiger partial charge is 0.381 e. The predicted molar refractivity (Wildman–Crippen MR) is 95.4 cm³/mol. The zero-order valence-corrected chi connectivity index (χ0v) is 15.9. The summed E-state index contributed by atoms with van der Waals surface area (Å²) in [6, 6.07) is 0. The van der Waals surface area contributed by atoms with Gasteiger partial charge in [0.05, 0.1) is 12.1 Å². The van der Waals surface area contributed by atoms with Gasteiger partial charge in [0.1, 0.15) is 0 Å². The zero-order valence-electron chi connectivity index (χ0n) is 14.3. The van der Waals surface area contributed by atoms with E-state index in [-0.39, 0.29) is 21.9 Å². The van der Waals surface area contributed by atoms with Crippen LogP contribution in [0.3, 0.4) is 0 Å². The molecular weight excluding hydrogens is 378 g/mol. The van der Waals surface area contributed by atoms with Gasteiger partial charge < -0.3 is 10.5 Å². The highest BCUT2D eigenvalue weighted by atomic mass is 35.5. The van der Waals surface area contributed by atoms with E-state index in [2.05, 4.69) is 4.98 Å². The van der Waals surface area contributed by atoms with E-state index < -0.39 is 12.0 Å². The highest BCUT2D eigenvalue weighted by molar-refractivity contribution is 7.13. The van der Waals surface area contributed by atoms with Crippen molar-refractivity contribution in [1.82, 2.24) is 10.5 Å². The van der Waals surface area contributed by atoms with Crippen LogP contribution in [-0.2, 0) is 17.6 Å². The van der Waals surface area contributed by atoms with Gasteiger partial charge in [-0.3, -0.25) is 10.0 Å². The number of alkyl halides is 1. The molecule has 0 aromatic carbocycles. The number of nitrogens with zero attached hydrogens (tertiary/aromatic N) is 1. The first-order valence-corrected chi connectivity index (χ1v) is 10.1. The monoisotopic (exact) mass is 399 g/mol. The van der Waals surface area contributed by atoms with Gasteiger partial charge in [0, 0.05) is 9.75 Å². The molecule has 2 unspecified atom stereocenters. The minimum atomic E-state index is -0.932. The Morgan fingerprint density at radius 1 is 1.35 bits per heavy atom. The minimum Gasteiger partial charge on any atom is -0.381 e. The average molecular weight is 400 g/mol. The van der Waals surface area contributed by atoms with Gasteiger partial charge in [0.2, 0.25) is 5.91 Å². The highest BCUT2D eigenvalue weighted by Gasteiger charge is 2.57. The number of hydrogen-bond acceptors (Lipinski definition) is 6. The summed E-state index contributed by atoms with van der Waals surface area (Å²) in [7, 11) is 0. The Balaban J connectivity index is 1.61. The third-order valence-electron chi connectivity index (χ3n) is 6.05. The van der Waals surface area contributed by atoms with E-state index in [1.54, 1.807) is 5.48 Å². The molecule has 4 saturated carbocycles. The van der Waals surface area contributed by atoms with Crippen LogP contribution < -0.4 is 16.0 Å². The van der Waals surface area contributed by atoms with E-state index >= 15 is 0 Å². The van der Waals surface area contributed by atoms with Crippen LogP contribution in [0.15, 0.2) is 0 Å². The molecule has 0 spiro atoms. The van der Waals surface area contributed by atoms with Crippen molar-refractivity contribution >= 4 is 34.9 Å². The van der Waals surface area contributed by atoms with Gasteiger partial charge in [-0.2, -0.15) is 0 Å². The fourth-order valence-corrected chi connectivity index (χ4v) is 7.66. The Morgan fingerprint density at radius 3 is 2.62 bits per heavy atom. The van der Waals surface area contributed by atoms with Crippen molar-refractivity contribution in [1.29, 1.82) is 0 Å². The number of carbonyl (C=O) groups is 2. The van der Waals surface area contributed by atoms with Gasteiger partial charge in [0.15, 0.2) is 0 Å². The third-order valence-corrected chi connectivity index (χ3v) is 7.46. The van der Waals surface area contributed by atoms with Gasteiger partial charge in [-0.25, -0.2) is 15.3 Å². The Labute approximate surface area is 160 Å². The highest BCUT2D eigenvalue weighted by Crippen LogP contribution is 2.64. The Kier molecular flexibility index (Phi) is 4.40. The number of rotatable bonds is 5. The van der Waals surface area contributed by atoms with Gasteiger partial charge >= 0.3 is 6.09 Å². The number of amides is 2. The summed E-state index contributed by atoms with van der Waals surface area (Å²) in [4.78, 5) is 27.7. The van der Waals surface area contributed by atoms with Crippen LogP contribution >= 0.6 is 22.9 Å². The van der Waals surface area contributed by atoms with Gasteiger partial charge in [0.25, 0.3) is 5.19 Å². The summed E-state index contributed by atoms with van der Waals surface area (Å²) in [6.07, 6.45) is 6.51. The maximum Gasteiger partial charge on any atom is 0.411 e. The van der Waals surface area contributed by atoms with E-state index in [4.69, 9.17) is 27.3 Å². The van der Waals surface area contributed by atoms with Crippen molar-refractivity contribution < 1.29 is 19.5 Å². The number of hydrogen-bond donors (Lipinski definition) is 3. The SMILES string of the molecule is NC(=O)Oc1nc(CC(=O)NO)c(CC23CC4CC(CC(Cl)(C4)C2)C3)s1. The van der Waals surface area contributed by atoms with E-state index in [1.807, 2.05) is 0 Å². The standard InChI is InChI=1S/C17H22ClN3O4S/c18-17-5-9-1-10(6-17)4-16(3-9,8-17)7-12-11(2-13(22)21-24)20-15(26-12)25-14(19)23/h9-10,24H,1-8H2,(H2,19,23)(H,21,22). The largest absolute Gasteiger partial charge is 0.411 e. The molecule has 0 aliphatic heterocycles. The number of carbonyl (C=O) groups excluding carboxylic acids is 2. The van der Waals surface area contributed by atoms with Crippen molar-refractivity contribution in [3.05, 3.63) is 10.6 Å². The maximum atomic E-state index is 11.6. The van der Waals surface area contributed by atoms with Crippen LogP contribution in [0.1, 0.15) is 49.1 Å². The number of thiazole rings is 1. The summed E-state index contributed by atoms with van der Waals surface area (Å²) in [6.45, 7) is 0. The molecule has 4 bridgehead atoms. The molecule has 1 heterocycles. The van der Waals surface area contributed by atoms with Crippen LogP contribution in [0, 0.1) is 17.3 Å².